The van der Waals surface area contributed by atoms with Crippen LogP contribution in [-0.2, 0) is 7.05 Å². The number of hydrazone groups is 1. The molecule has 0 unspecified atom stereocenters. The van der Waals surface area contributed by atoms with E-state index in [1.807, 2.05) is 4.98 Å². The molecular formula is C12H11N5O4. The predicted molar refractivity (Wildman–Crippen MR) is 73.3 cm³/mol. The SMILES string of the molecule is Cn1c(O)c(C=NNC(=O)c2cccnc2)c(=O)[nH]c1=O. The van der Waals surface area contributed by atoms with E-state index in [-0.39, 0.29) is 11.1 Å². The Morgan fingerprint density at radius 1 is 1.52 bits per heavy atom. The van der Waals surface area contributed by atoms with Crippen LogP contribution in [0.5, 0.6) is 5.88 Å². The zero-order chi connectivity index (χ0) is 15.4. The number of aromatic hydroxyl groups is 1. The van der Waals surface area contributed by atoms with Gasteiger partial charge in [0.15, 0.2) is 0 Å². The Bertz CT molecular complexity index is 807. The molecule has 0 aliphatic heterocycles. The summed E-state index contributed by atoms with van der Waals surface area (Å²) in [4.78, 5) is 40.2. The number of pyridine rings is 1. The summed E-state index contributed by atoms with van der Waals surface area (Å²) >= 11 is 0. The zero-order valence-electron chi connectivity index (χ0n) is 10.9. The zero-order valence-corrected chi connectivity index (χ0v) is 10.9. The van der Waals surface area contributed by atoms with Crippen molar-refractivity contribution in [2.45, 2.75) is 0 Å². The Hall–Kier alpha value is -3.23. The lowest BCUT2D eigenvalue weighted by Crippen LogP contribution is -2.30. The van der Waals surface area contributed by atoms with Crippen molar-refractivity contribution in [3.8, 4) is 5.88 Å². The maximum absolute atomic E-state index is 11.7. The van der Waals surface area contributed by atoms with Gasteiger partial charge in [0.1, 0.15) is 5.56 Å². The average Bonchev–Trinajstić information content (AvgIpc) is 2.49. The number of rotatable bonds is 3. The van der Waals surface area contributed by atoms with Crippen molar-refractivity contribution < 1.29 is 9.90 Å². The van der Waals surface area contributed by atoms with E-state index >= 15 is 0 Å². The number of nitrogens with one attached hydrogen (secondary N) is 2. The number of amides is 1. The standard InChI is InChI=1S/C12H11N5O4/c1-17-11(20)8(10(19)15-12(17)21)6-14-16-9(18)7-3-2-4-13-5-7/h2-6,20H,1H3,(H,16,18)(H,15,19,21). The maximum Gasteiger partial charge on any atom is 0.330 e. The average molecular weight is 289 g/mol. The van der Waals surface area contributed by atoms with Crippen molar-refractivity contribution in [3.63, 3.8) is 0 Å². The van der Waals surface area contributed by atoms with Gasteiger partial charge < -0.3 is 5.11 Å². The minimum Gasteiger partial charge on any atom is -0.494 e. The van der Waals surface area contributed by atoms with E-state index in [9.17, 15) is 19.5 Å². The molecular weight excluding hydrogens is 278 g/mol. The number of hydrogen-bond donors (Lipinski definition) is 3. The normalized spacial score (nSPS) is 10.7. The van der Waals surface area contributed by atoms with Gasteiger partial charge in [0.2, 0.25) is 5.88 Å². The van der Waals surface area contributed by atoms with Crippen LogP contribution in [0.15, 0.2) is 39.2 Å². The molecule has 0 atom stereocenters. The van der Waals surface area contributed by atoms with Gasteiger partial charge in [-0.3, -0.25) is 24.1 Å². The van der Waals surface area contributed by atoms with E-state index in [1.165, 1.54) is 25.5 Å². The molecule has 2 heterocycles. The molecule has 0 saturated heterocycles. The minimum atomic E-state index is -0.810. The second kappa shape index (κ2) is 5.82. The number of hydrogen-bond acceptors (Lipinski definition) is 6. The molecule has 2 aromatic heterocycles. The Kier molecular flexibility index (Phi) is 3.93. The summed E-state index contributed by atoms with van der Waals surface area (Å²) in [5.41, 5.74) is 0.648. The third kappa shape index (κ3) is 3.03. The fourth-order valence-corrected chi connectivity index (χ4v) is 1.46. The van der Waals surface area contributed by atoms with Crippen LogP contribution in [-0.4, -0.2) is 31.8 Å². The predicted octanol–water partition coefficient (Wildman–Crippen LogP) is -1.06. The molecule has 21 heavy (non-hydrogen) atoms. The highest BCUT2D eigenvalue weighted by molar-refractivity contribution is 5.94. The van der Waals surface area contributed by atoms with Gasteiger partial charge in [0.25, 0.3) is 11.5 Å². The third-order valence-corrected chi connectivity index (χ3v) is 2.61. The number of carbonyl (C=O) groups is 1. The van der Waals surface area contributed by atoms with Gasteiger partial charge in [-0.25, -0.2) is 10.2 Å². The number of H-pyrrole nitrogens is 1. The van der Waals surface area contributed by atoms with E-state index in [0.29, 0.717) is 0 Å². The van der Waals surface area contributed by atoms with Gasteiger partial charge in [-0.05, 0) is 12.1 Å². The van der Waals surface area contributed by atoms with Gasteiger partial charge in [-0.2, -0.15) is 5.10 Å². The van der Waals surface area contributed by atoms with Crippen molar-refractivity contribution in [1.82, 2.24) is 20.0 Å². The number of nitrogens with zero attached hydrogens (tertiary/aromatic N) is 3. The quantitative estimate of drug-likeness (QED) is 0.490. The summed E-state index contributed by atoms with van der Waals surface area (Å²) in [6, 6.07) is 3.12. The van der Waals surface area contributed by atoms with Crippen molar-refractivity contribution in [2.75, 3.05) is 0 Å². The summed E-state index contributed by atoms with van der Waals surface area (Å²) in [6.07, 6.45) is 3.81. The number of aromatic amines is 1. The molecule has 9 heteroatoms. The van der Waals surface area contributed by atoms with Crippen LogP contribution < -0.4 is 16.7 Å². The van der Waals surface area contributed by atoms with Crippen molar-refractivity contribution in [1.29, 1.82) is 0 Å². The topological polar surface area (TPSA) is 129 Å². The monoisotopic (exact) mass is 289 g/mol. The van der Waals surface area contributed by atoms with E-state index < -0.39 is 23.0 Å². The molecule has 1 amide bonds. The van der Waals surface area contributed by atoms with Crippen molar-refractivity contribution in [3.05, 3.63) is 56.5 Å². The van der Waals surface area contributed by atoms with Crippen LogP contribution in [0.2, 0.25) is 0 Å². The maximum atomic E-state index is 11.7. The second-order valence-electron chi connectivity index (χ2n) is 4.00. The van der Waals surface area contributed by atoms with Gasteiger partial charge in [-0.15, -0.1) is 0 Å². The summed E-state index contributed by atoms with van der Waals surface area (Å²) in [5, 5.41) is 13.2. The molecule has 3 N–H and O–H groups in total. The Balaban J connectivity index is 2.20. The summed E-state index contributed by atoms with van der Waals surface area (Å²) < 4.78 is 0.839. The molecule has 0 aliphatic rings. The number of aromatic nitrogens is 3. The largest absolute Gasteiger partial charge is 0.494 e. The van der Waals surface area contributed by atoms with Gasteiger partial charge in [0, 0.05) is 19.4 Å². The minimum absolute atomic E-state index is 0.247. The second-order valence-corrected chi connectivity index (χ2v) is 4.00. The van der Waals surface area contributed by atoms with Crippen molar-refractivity contribution in [2.24, 2.45) is 12.1 Å². The molecule has 0 bridgehead atoms. The smallest absolute Gasteiger partial charge is 0.330 e. The van der Waals surface area contributed by atoms with Crippen LogP contribution in [0.25, 0.3) is 0 Å². The van der Waals surface area contributed by atoms with E-state index in [4.69, 9.17) is 0 Å². The highest BCUT2D eigenvalue weighted by Gasteiger charge is 2.10. The highest BCUT2D eigenvalue weighted by atomic mass is 16.3. The van der Waals surface area contributed by atoms with Gasteiger partial charge in [0.05, 0.1) is 11.8 Å². The van der Waals surface area contributed by atoms with Gasteiger partial charge in [-0.1, -0.05) is 0 Å². The highest BCUT2D eigenvalue weighted by Crippen LogP contribution is 2.04. The molecule has 2 aromatic rings. The molecule has 0 saturated carbocycles. The Morgan fingerprint density at radius 3 is 2.95 bits per heavy atom. The molecule has 0 fully saturated rings. The van der Waals surface area contributed by atoms with Crippen LogP contribution in [0, 0.1) is 0 Å². The molecule has 0 radical (unpaired) electrons. The van der Waals surface area contributed by atoms with Crippen LogP contribution in [0.1, 0.15) is 15.9 Å². The lowest BCUT2D eigenvalue weighted by atomic mass is 10.3. The first-order valence-corrected chi connectivity index (χ1v) is 5.76. The Labute approximate surface area is 117 Å². The molecule has 0 aromatic carbocycles. The summed E-state index contributed by atoms with van der Waals surface area (Å²) in [5.74, 6) is -1.08. The van der Waals surface area contributed by atoms with Crippen molar-refractivity contribution >= 4 is 12.1 Å². The van der Waals surface area contributed by atoms with Crippen LogP contribution >= 0.6 is 0 Å². The molecule has 2 rings (SSSR count). The van der Waals surface area contributed by atoms with E-state index in [1.54, 1.807) is 6.07 Å². The Morgan fingerprint density at radius 2 is 2.29 bits per heavy atom. The molecule has 9 nitrogen and oxygen atoms in total. The van der Waals surface area contributed by atoms with Gasteiger partial charge >= 0.3 is 5.69 Å². The van der Waals surface area contributed by atoms with Crippen LogP contribution in [0.3, 0.4) is 0 Å². The first-order chi connectivity index (χ1) is 10.0. The molecule has 108 valence electrons. The molecule has 0 spiro atoms. The first kappa shape index (κ1) is 14.2. The van der Waals surface area contributed by atoms with Crippen LogP contribution in [0.4, 0.5) is 0 Å². The van der Waals surface area contributed by atoms with E-state index in [2.05, 4.69) is 15.5 Å². The lowest BCUT2D eigenvalue weighted by molar-refractivity contribution is 0.0954. The fourth-order valence-electron chi connectivity index (χ4n) is 1.46. The first-order valence-electron chi connectivity index (χ1n) is 5.76. The lowest BCUT2D eigenvalue weighted by Gasteiger charge is -2.03. The molecule has 0 aliphatic carbocycles. The fraction of sp³-hybridized carbons (Fsp3) is 0.0833. The number of carbonyl (C=O) groups excluding carboxylic acids is 1. The van der Waals surface area contributed by atoms with E-state index in [0.717, 1.165) is 10.8 Å². The summed E-state index contributed by atoms with van der Waals surface area (Å²) in [7, 11) is 1.28. The summed E-state index contributed by atoms with van der Waals surface area (Å²) in [6.45, 7) is 0. The third-order valence-electron chi connectivity index (χ3n) is 2.61.